The lowest BCUT2D eigenvalue weighted by Gasteiger charge is -2.29. The van der Waals surface area contributed by atoms with Crippen LogP contribution in [0.4, 0.5) is 0 Å². The molecule has 124 valence electrons. The third kappa shape index (κ3) is 3.50. The molecule has 1 fully saturated rings. The van der Waals surface area contributed by atoms with E-state index in [4.69, 9.17) is 4.42 Å². The van der Waals surface area contributed by atoms with Gasteiger partial charge in [0, 0.05) is 25.1 Å². The summed E-state index contributed by atoms with van der Waals surface area (Å²) in [6.45, 7) is 5.26. The van der Waals surface area contributed by atoms with E-state index in [2.05, 4.69) is 14.8 Å². The first-order valence-electron chi connectivity index (χ1n) is 7.33. The smallest absolute Gasteiger partial charge is 0.373 e. The van der Waals surface area contributed by atoms with Gasteiger partial charge in [-0.3, -0.25) is 0 Å². The number of hydrogen-bond acceptors (Lipinski definition) is 6. The lowest BCUT2D eigenvalue weighted by atomic mass is 9.96. The zero-order valence-corrected chi connectivity index (χ0v) is 13.8. The Morgan fingerprint density at radius 2 is 2.27 bits per heavy atom. The molecule has 7 nitrogen and oxygen atoms in total. The fourth-order valence-corrected chi connectivity index (χ4v) is 4.09. The number of esters is 1. The van der Waals surface area contributed by atoms with Crippen molar-refractivity contribution in [3.63, 3.8) is 0 Å². The van der Waals surface area contributed by atoms with Crippen molar-refractivity contribution in [2.75, 3.05) is 20.2 Å². The average molecular weight is 330 g/mol. The Kier molecular flexibility index (Phi) is 5.25. The van der Waals surface area contributed by atoms with Crippen molar-refractivity contribution in [1.82, 2.24) is 10.0 Å². The van der Waals surface area contributed by atoms with Crippen LogP contribution in [0, 0.1) is 5.92 Å². The molecule has 0 saturated carbocycles. The summed E-state index contributed by atoms with van der Waals surface area (Å²) >= 11 is 0. The van der Waals surface area contributed by atoms with Gasteiger partial charge in [-0.15, -0.1) is 0 Å². The maximum atomic E-state index is 12.6. The molecule has 2 rings (SSSR count). The van der Waals surface area contributed by atoms with Crippen LogP contribution in [0.5, 0.6) is 0 Å². The van der Waals surface area contributed by atoms with E-state index in [0.717, 1.165) is 13.0 Å². The van der Waals surface area contributed by atoms with Gasteiger partial charge in [0.05, 0.1) is 7.11 Å². The number of methoxy groups -OCH3 is 1. The first-order valence-corrected chi connectivity index (χ1v) is 8.81. The highest BCUT2D eigenvalue weighted by atomic mass is 32.2. The summed E-state index contributed by atoms with van der Waals surface area (Å²) in [7, 11) is -2.53. The van der Waals surface area contributed by atoms with Crippen LogP contribution in [0.1, 0.15) is 36.6 Å². The van der Waals surface area contributed by atoms with Gasteiger partial charge in [-0.2, -0.15) is 0 Å². The number of sulfonamides is 1. The minimum atomic E-state index is -3.75. The first kappa shape index (κ1) is 17.0. The van der Waals surface area contributed by atoms with Crippen LogP contribution in [0.25, 0.3) is 0 Å². The second-order valence-corrected chi connectivity index (χ2v) is 7.12. The second-order valence-electron chi connectivity index (χ2n) is 5.44. The lowest BCUT2D eigenvalue weighted by molar-refractivity contribution is 0.0563. The van der Waals surface area contributed by atoms with Gasteiger partial charge in [0.15, 0.2) is 0 Å². The quantitative estimate of drug-likeness (QED) is 0.779. The summed E-state index contributed by atoms with van der Waals surface area (Å²) in [5.74, 6) is -0.296. The Bertz CT molecular complexity index is 638. The van der Waals surface area contributed by atoms with Crippen molar-refractivity contribution >= 4 is 16.0 Å². The Balaban J connectivity index is 2.28. The number of hydrogen-bond donors (Lipinski definition) is 2. The summed E-state index contributed by atoms with van der Waals surface area (Å²) in [5, 5.41) is 3.18. The molecule has 2 heterocycles. The SMILES string of the molecule is CCc1oc(C(=O)OC)cc1S(=O)(=O)NC1CNCCC1C. The monoisotopic (exact) mass is 330 g/mol. The predicted molar refractivity (Wildman–Crippen MR) is 80.2 cm³/mol. The van der Waals surface area contributed by atoms with Crippen molar-refractivity contribution in [3.05, 3.63) is 17.6 Å². The Morgan fingerprint density at radius 3 is 2.86 bits per heavy atom. The summed E-state index contributed by atoms with van der Waals surface area (Å²) < 4.78 is 37.8. The Hall–Kier alpha value is -1.38. The minimum Gasteiger partial charge on any atom is -0.463 e. The Morgan fingerprint density at radius 1 is 1.55 bits per heavy atom. The maximum absolute atomic E-state index is 12.6. The summed E-state index contributed by atoms with van der Waals surface area (Å²) in [5.41, 5.74) is 0. The molecule has 2 unspecified atom stereocenters. The number of rotatable bonds is 5. The van der Waals surface area contributed by atoms with Gasteiger partial charge in [-0.25, -0.2) is 17.9 Å². The first-order chi connectivity index (χ1) is 10.4. The molecule has 8 heteroatoms. The van der Waals surface area contributed by atoms with E-state index >= 15 is 0 Å². The number of piperidine rings is 1. The number of nitrogens with one attached hydrogen (secondary N) is 2. The van der Waals surface area contributed by atoms with Crippen LogP contribution in [-0.2, 0) is 21.2 Å². The van der Waals surface area contributed by atoms with Gasteiger partial charge in [0.25, 0.3) is 0 Å². The normalized spacial score (nSPS) is 22.5. The summed E-state index contributed by atoms with van der Waals surface area (Å²) in [6, 6.07) is 1.05. The standard InChI is InChI=1S/C14H22N2O5S/c1-4-11-13(7-12(21-11)14(17)20-3)22(18,19)16-10-8-15-6-5-9(10)2/h7,9-10,15-16H,4-6,8H2,1-3H3. The van der Waals surface area contributed by atoms with E-state index in [1.165, 1.54) is 13.2 Å². The molecule has 1 aromatic heterocycles. The van der Waals surface area contributed by atoms with E-state index in [-0.39, 0.29) is 28.4 Å². The number of carbonyl (C=O) groups excluding carboxylic acids is 1. The maximum Gasteiger partial charge on any atom is 0.373 e. The molecule has 0 spiro atoms. The average Bonchev–Trinajstić information content (AvgIpc) is 2.94. The van der Waals surface area contributed by atoms with Gasteiger partial charge in [-0.1, -0.05) is 13.8 Å². The number of carbonyl (C=O) groups is 1. The lowest BCUT2D eigenvalue weighted by Crippen LogP contribution is -2.50. The molecular weight excluding hydrogens is 308 g/mol. The molecule has 0 radical (unpaired) electrons. The zero-order valence-electron chi connectivity index (χ0n) is 13.0. The molecule has 1 aliphatic rings. The molecule has 22 heavy (non-hydrogen) atoms. The van der Waals surface area contributed by atoms with Crippen molar-refractivity contribution in [1.29, 1.82) is 0 Å². The minimum absolute atomic E-state index is 0.00757. The van der Waals surface area contributed by atoms with Crippen LogP contribution < -0.4 is 10.0 Å². The largest absolute Gasteiger partial charge is 0.463 e. The van der Waals surface area contributed by atoms with E-state index in [9.17, 15) is 13.2 Å². The van der Waals surface area contributed by atoms with E-state index in [1.54, 1.807) is 6.92 Å². The van der Waals surface area contributed by atoms with Gasteiger partial charge in [0.1, 0.15) is 10.7 Å². The van der Waals surface area contributed by atoms with Gasteiger partial charge in [-0.05, 0) is 18.9 Å². The molecule has 0 aromatic carbocycles. The van der Waals surface area contributed by atoms with E-state index in [1.807, 2.05) is 6.92 Å². The second kappa shape index (κ2) is 6.80. The molecule has 2 atom stereocenters. The number of furan rings is 1. The highest BCUT2D eigenvalue weighted by Gasteiger charge is 2.30. The predicted octanol–water partition coefficient (Wildman–Crippen LogP) is 0.905. The molecule has 0 amide bonds. The van der Waals surface area contributed by atoms with Crippen LogP contribution >= 0.6 is 0 Å². The van der Waals surface area contributed by atoms with E-state index < -0.39 is 16.0 Å². The van der Waals surface area contributed by atoms with Gasteiger partial charge < -0.3 is 14.5 Å². The summed E-state index contributed by atoms with van der Waals surface area (Å²) in [4.78, 5) is 11.5. The molecule has 0 bridgehead atoms. The number of ether oxygens (including phenoxy) is 1. The molecule has 1 aliphatic heterocycles. The fraction of sp³-hybridized carbons (Fsp3) is 0.643. The third-order valence-electron chi connectivity index (χ3n) is 3.90. The van der Waals surface area contributed by atoms with Crippen molar-refractivity contribution in [3.8, 4) is 0 Å². The Labute approximate surface area is 130 Å². The van der Waals surface area contributed by atoms with Crippen molar-refractivity contribution in [2.45, 2.75) is 37.6 Å². The topological polar surface area (TPSA) is 97.6 Å². The van der Waals surface area contributed by atoms with Crippen LogP contribution in [-0.4, -0.2) is 40.6 Å². The number of aryl methyl sites for hydroxylation is 1. The fourth-order valence-electron chi connectivity index (χ4n) is 2.50. The van der Waals surface area contributed by atoms with E-state index in [0.29, 0.717) is 13.0 Å². The summed E-state index contributed by atoms with van der Waals surface area (Å²) in [6.07, 6.45) is 1.28. The van der Waals surface area contributed by atoms with Crippen molar-refractivity contribution < 1.29 is 22.4 Å². The molecule has 1 aromatic rings. The van der Waals surface area contributed by atoms with Crippen LogP contribution in [0.15, 0.2) is 15.4 Å². The van der Waals surface area contributed by atoms with Gasteiger partial charge in [0.2, 0.25) is 15.8 Å². The van der Waals surface area contributed by atoms with Crippen LogP contribution in [0.2, 0.25) is 0 Å². The molecular formula is C14H22N2O5S. The highest BCUT2D eigenvalue weighted by Crippen LogP contribution is 2.23. The highest BCUT2D eigenvalue weighted by molar-refractivity contribution is 7.89. The van der Waals surface area contributed by atoms with Gasteiger partial charge >= 0.3 is 5.97 Å². The molecule has 2 N–H and O–H groups in total. The van der Waals surface area contributed by atoms with Crippen molar-refractivity contribution in [2.24, 2.45) is 5.92 Å². The third-order valence-corrected chi connectivity index (χ3v) is 5.44. The molecule has 0 aliphatic carbocycles. The zero-order chi connectivity index (χ0) is 16.3. The van der Waals surface area contributed by atoms with Crippen LogP contribution in [0.3, 0.4) is 0 Å². The molecule has 1 saturated heterocycles.